The summed E-state index contributed by atoms with van der Waals surface area (Å²) in [7, 11) is -1.16. The molecule has 0 bridgehead atoms. The van der Waals surface area contributed by atoms with Gasteiger partial charge in [0.15, 0.2) is 6.29 Å². The average Bonchev–Trinajstić information content (AvgIpc) is 2.24. The summed E-state index contributed by atoms with van der Waals surface area (Å²) in [5.41, 5.74) is 0. The van der Waals surface area contributed by atoms with Crippen LogP contribution in [-0.2, 0) is 20.5 Å². The molecular formula is C11H21NO3S. The molecule has 1 fully saturated rings. The Balaban J connectivity index is 2.19. The van der Waals surface area contributed by atoms with Crippen LogP contribution < -0.4 is 0 Å². The summed E-state index contributed by atoms with van der Waals surface area (Å²) < 4.78 is 26.1. The molecule has 4 nitrogen and oxygen atoms in total. The zero-order valence-electron chi connectivity index (χ0n) is 10.3. The molecule has 1 aliphatic heterocycles. The van der Waals surface area contributed by atoms with Crippen molar-refractivity contribution in [2.24, 2.45) is 4.40 Å². The summed E-state index contributed by atoms with van der Waals surface area (Å²) in [5, 5.41) is 0. The molecule has 0 radical (unpaired) electrons. The third-order valence-electron chi connectivity index (χ3n) is 2.12. The number of hydrogen-bond donors (Lipinski definition) is 0. The highest BCUT2D eigenvalue weighted by molar-refractivity contribution is 7.85. The first-order valence-electron chi connectivity index (χ1n) is 5.68. The lowest BCUT2D eigenvalue weighted by atomic mass is 10.3. The number of rotatable bonds is 4. The Morgan fingerprint density at radius 1 is 1.38 bits per heavy atom. The Morgan fingerprint density at radius 3 is 2.56 bits per heavy atom. The van der Waals surface area contributed by atoms with E-state index in [-0.39, 0.29) is 11.0 Å². The molecule has 0 aromatic rings. The van der Waals surface area contributed by atoms with Crippen molar-refractivity contribution in [2.75, 3.05) is 13.2 Å². The van der Waals surface area contributed by atoms with Crippen molar-refractivity contribution in [1.82, 2.24) is 0 Å². The summed E-state index contributed by atoms with van der Waals surface area (Å²) >= 11 is 0. The minimum absolute atomic E-state index is 0.108. The van der Waals surface area contributed by atoms with Crippen molar-refractivity contribution >= 4 is 17.2 Å². The van der Waals surface area contributed by atoms with Gasteiger partial charge in [-0.2, -0.15) is 4.40 Å². The largest absolute Gasteiger partial charge is 0.353 e. The fourth-order valence-electron chi connectivity index (χ4n) is 1.19. The Hall–Kier alpha value is -0.260. The quantitative estimate of drug-likeness (QED) is 0.714. The van der Waals surface area contributed by atoms with Crippen LogP contribution in [0, 0.1) is 0 Å². The second kappa shape index (κ2) is 6.47. The van der Waals surface area contributed by atoms with Crippen LogP contribution >= 0.6 is 0 Å². The topological polar surface area (TPSA) is 47.9 Å². The van der Waals surface area contributed by atoms with Gasteiger partial charge in [0.25, 0.3) is 0 Å². The van der Waals surface area contributed by atoms with E-state index in [1.54, 1.807) is 6.21 Å². The molecule has 0 saturated carbocycles. The second-order valence-corrected chi connectivity index (χ2v) is 6.69. The maximum Gasteiger partial charge on any atom is 0.157 e. The van der Waals surface area contributed by atoms with Gasteiger partial charge in [0.05, 0.1) is 18.0 Å². The van der Waals surface area contributed by atoms with Crippen molar-refractivity contribution in [3.63, 3.8) is 0 Å². The van der Waals surface area contributed by atoms with Crippen LogP contribution in [-0.4, -0.2) is 34.7 Å². The Morgan fingerprint density at radius 2 is 2.00 bits per heavy atom. The van der Waals surface area contributed by atoms with Gasteiger partial charge in [-0.15, -0.1) is 0 Å². The highest BCUT2D eigenvalue weighted by Crippen LogP contribution is 2.13. The molecule has 1 saturated heterocycles. The van der Waals surface area contributed by atoms with Gasteiger partial charge in [0.1, 0.15) is 11.0 Å². The summed E-state index contributed by atoms with van der Waals surface area (Å²) in [4.78, 5) is 0. The van der Waals surface area contributed by atoms with E-state index in [2.05, 4.69) is 4.40 Å². The summed E-state index contributed by atoms with van der Waals surface area (Å²) in [6.45, 7) is 7.28. The van der Waals surface area contributed by atoms with Crippen LogP contribution in [0.1, 0.15) is 40.0 Å². The van der Waals surface area contributed by atoms with Crippen LogP contribution in [0.15, 0.2) is 4.40 Å². The average molecular weight is 247 g/mol. The van der Waals surface area contributed by atoms with Crippen LogP contribution in [0.5, 0.6) is 0 Å². The molecule has 0 aliphatic carbocycles. The Kier molecular flexibility index (Phi) is 5.58. The van der Waals surface area contributed by atoms with Gasteiger partial charge in [-0.25, -0.2) is 4.21 Å². The van der Waals surface area contributed by atoms with Gasteiger partial charge in [-0.1, -0.05) is 0 Å². The van der Waals surface area contributed by atoms with Gasteiger partial charge in [-0.05, 0) is 33.6 Å². The van der Waals surface area contributed by atoms with Gasteiger partial charge in [0, 0.05) is 12.6 Å². The first-order chi connectivity index (χ1) is 7.50. The highest BCUT2D eigenvalue weighted by atomic mass is 32.2. The third kappa shape index (κ3) is 5.18. The predicted octanol–water partition coefficient (Wildman–Crippen LogP) is 2.06. The third-order valence-corrected chi connectivity index (χ3v) is 3.51. The van der Waals surface area contributed by atoms with Crippen molar-refractivity contribution < 1.29 is 13.7 Å². The highest BCUT2D eigenvalue weighted by Gasteiger charge is 2.18. The number of hydrogen-bond acceptors (Lipinski definition) is 3. The van der Waals surface area contributed by atoms with E-state index < -0.39 is 11.0 Å². The lowest BCUT2D eigenvalue weighted by Gasteiger charge is -2.22. The van der Waals surface area contributed by atoms with Gasteiger partial charge >= 0.3 is 0 Å². The fraction of sp³-hybridized carbons (Fsp3) is 0.909. The molecule has 5 heteroatoms. The molecule has 1 heterocycles. The van der Waals surface area contributed by atoms with E-state index in [4.69, 9.17) is 9.47 Å². The molecule has 0 aromatic heterocycles. The van der Waals surface area contributed by atoms with Crippen LogP contribution in [0.3, 0.4) is 0 Å². The van der Waals surface area contributed by atoms with Gasteiger partial charge < -0.3 is 9.47 Å². The maximum absolute atomic E-state index is 11.6. The molecule has 94 valence electrons. The van der Waals surface area contributed by atoms with Crippen molar-refractivity contribution in [3.05, 3.63) is 0 Å². The first-order valence-corrected chi connectivity index (χ1v) is 6.78. The molecule has 0 spiro atoms. The molecule has 1 atom stereocenters. The van der Waals surface area contributed by atoms with E-state index in [9.17, 15) is 4.21 Å². The van der Waals surface area contributed by atoms with E-state index in [1.165, 1.54) is 0 Å². The lowest BCUT2D eigenvalue weighted by molar-refractivity contribution is -0.180. The van der Waals surface area contributed by atoms with E-state index in [1.807, 2.05) is 20.8 Å². The number of ether oxygens (including phenoxy) is 2. The van der Waals surface area contributed by atoms with E-state index >= 15 is 0 Å². The summed E-state index contributed by atoms with van der Waals surface area (Å²) in [6, 6.07) is 0. The SMILES string of the molecule is CC(C)(C)[S@](=O)N=CCCC1OCCCO1. The Bertz CT molecular complexity index is 254. The zero-order chi connectivity index (χ0) is 12.0. The zero-order valence-corrected chi connectivity index (χ0v) is 11.1. The molecule has 1 aliphatic rings. The van der Waals surface area contributed by atoms with Crippen LogP contribution in [0.2, 0.25) is 0 Å². The molecule has 0 N–H and O–H groups in total. The lowest BCUT2D eigenvalue weighted by Crippen LogP contribution is -2.24. The normalized spacial score (nSPS) is 21.4. The van der Waals surface area contributed by atoms with Crippen LogP contribution in [0.25, 0.3) is 0 Å². The van der Waals surface area contributed by atoms with E-state index in [0.717, 1.165) is 32.5 Å². The fourth-order valence-corrected chi connectivity index (χ4v) is 1.75. The van der Waals surface area contributed by atoms with Crippen LogP contribution in [0.4, 0.5) is 0 Å². The summed E-state index contributed by atoms with van der Waals surface area (Å²) in [5.74, 6) is 0. The first kappa shape index (κ1) is 13.8. The minimum Gasteiger partial charge on any atom is -0.353 e. The van der Waals surface area contributed by atoms with Gasteiger partial charge in [0.2, 0.25) is 0 Å². The monoisotopic (exact) mass is 247 g/mol. The molecular weight excluding hydrogens is 226 g/mol. The summed E-state index contributed by atoms with van der Waals surface area (Å²) in [6.07, 6.45) is 4.10. The van der Waals surface area contributed by atoms with Gasteiger partial charge in [-0.3, -0.25) is 0 Å². The number of nitrogens with zero attached hydrogens (tertiary/aromatic N) is 1. The molecule has 0 aromatic carbocycles. The standard InChI is InChI=1S/C11H21NO3S/c1-11(2,3)16(13)12-7-4-6-10-14-8-5-9-15-10/h7,10H,4-6,8-9H2,1-3H3/t16-/m0/s1. The molecule has 1 rings (SSSR count). The van der Waals surface area contributed by atoms with E-state index in [0.29, 0.717) is 0 Å². The Labute approximate surface area is 100 Å². The van der Waals surface area contributed by atoms with Crippen molar-refractivity contribution in [1.29, 1.82) is 0 Å². The molecule has 0 unspecified atom stereocenters. The van der Waals surface area contributed by atoms with Crippen molar-refractivity contribution in [2.45, 2.75) is 51.1 Å². The second-order valence-electron chi connectivity index (χ2n) is 4.75. The smallest absolute Gasteiger partial charge is 0.157 e. The predicted molar refractivity (Wildman–Crippen MR) is 65.9 cm³/mol. The maximum atomic E-state index is 11.6. The molecule has 0 amide bonds. The molecule has 16 heavy (non-hydrogen) atoms. The minimum atomic E-state index is -1.16. The van der Waals surface area contributed by atoms with Crippen molar-refractivity contribution in [3.8, 4) is 0 Å².